The monoisotopic (exact) mass is 236 g/mol. The zero-order valence-corrected chi connectivity index (χ0v) is 9.48. The molecular formula is C8H7N2OY-. The number of imidazole rings is 1. The molecule has 2 rings (SSSR count). The van der Waals surface area contributed by atoms with Crippen LogP contribution in [0.25, 0.3) is 11.0 Å². The van der Waals surface area contributed by atoms with Crippen LogP contribution < -0.4 is 5.69 Å². The van der Waals surface area contributed by atoms with Crippen molar-refractivity contribution in [2.75, 3.05) is 0 Å². The number of fused-ring (bicyclic) bond motifs is 1. The van der Waals surface area contributed by atoms with E-state index >= 15 is 0 Å². The van der Waals surface area contributed by atoms with E-state index in [-0.39, 0.29) is 38.4 Å². The number of hydrogen-bond acceptors (Lipinski definition) is 1. The van der Waals surface area contributed by atoms with Crippen molar-refractivity contribution in [3.63, 3.8) is 0 Å². The second kappa shape index (κ2) is 3.54. The molecule has 3 nitrogen and oxygen atoms in total. The minimum atomic E-state index is -0.168. The number of aromatic amines is 2. The summed E-state index contributed by atoms with van der Waals surface area (Å²) in [5.74, 6) is 0. The van der Waals surface area contributed by atoms with E-state index in [1.807, 2.05) is 13.0 Å². The fraction of sp³-hybridized carbons (Fsp3) is 0.125. The van der Waals surface area contributed by atoms with E-state index in [9.17, 15) is 4.79 Å². The summed E-state index contributed by atoms with van der Waals surface area (Å²) in [6.45, 7) is 1.94. The van der Waals surface area contributed by atoms with Gasteiger partial charge in [0, 0.05) is 32.7 Å². The summed E-state index contributed by atoms with van der Waals surface area (Å²) in [7, 11) is 0. The van der Waals surface area contributed by atoms with Gasteiger partial charge in [0.2, 0.25) is 0 Å². The molecule has 1 heterocycles. The van der Waals surface area contributed by atoms with Gasteiger partial charge < -0.3 is 9.97 Å². The van der Waals surface area contributed by atoms with Gasteiger partial charge in [0.15, 0.2) is 0 Å². The first-order valence-corrected chi connectivity index (χ1v) is 3.36. The van der Waals surface area contributed by atoms with E-state index in [1.165, 1.54) is 0 Å². The van der Waals surface area contributed by atoms with Crippen LogP contribution in [-0.2, 0) is 32.7 Å². The Labute approximate surface area is 94.5 Å². The molecule has 0 saturated carbocycles. The third kappa shape index (κ3) is 1.67. The molecule has 0 fully saturated rings. The third-order valence-electron chi connectivity index (χ3n) is 1.59. The van der Waals surface area contributed by atoms with Gasteiger partial charge in [-0.2, -0.15) is 17.7 Å². The van der Waals surface area contributed by atoms with Crippen molar-refractivity contribution in [2.24, 2.45) is 0 Å². The standard InChI is InChI=1S/C8H7N2O.Y/c1-5-2-3-6-7(4-5)10-8(11)9-6;/h3-4H,1H3,(H2,9,10,11);/q-1;. The molecule has 0 amide bonds. The zero-order chi connectivity index (χ0) is 7.84. The quantitative estimate of drug-likeness (QED) is 0.657. The summed E-state index contributed by atoms with van der Waals surface area (Å²) in [5.41, 5.74) is 2.50. The Bertz CT molecular complexity index is 443. The van der Waals surface area contributed by atoms with Crippen molar-refractivity contribution in [3.8, 4) is 0 Å². The largest absolute Gasteiger partial charge is 0.359 e. The van der Waals surface area contributed by atoms with E-state index in [1.54, 1.807) is 6.07 Å². The molecule has 12 heavy (non-hydrogen) atoms. The summed E-state index contributed by atoms with van der Waals surface area (Å²) >= 11 is 0. The summed E-state index contributed by atoms with van der Waals surface area (Å²) in [5, 5.41) is 0. The maximum Gasteiger partial charge on any atom is 0.310 e. The normalized spacial score (nSPS) is 9.75. The summed E-state index contributed by atoms with van der Waals surface area (Å²) in [6, 6.07) is 6.65. The Balaban J connectivity index is 0.000000720. The number of aryl methyl sites for hydroxylation is 1. The number of benzene rings is 1. The molecule has 4 heteroatoms. The van der Waals surface area contributed by atoms with E-state index in [4.69, 9.17) is 0 Å². The third-order valence-corrected chi connectivity index (χ3v) is 1.59. The van der Waals surface area contributed by atoms with Crippen LogP contribution in [0.15, 0.2) is 16.9 Å². The predicted molar refractivity (Wildman–Crippen MR) is 42.5 cm³/mol. The fourth-order valence-corrected chi connectivity index (χ4v) is 1.08. The Morgan fingerprint density at radius 3 is 2.75 bits per heavy atom. The molecule has 0 unspecified atom stereocenters. The maximum atomic E-state index is 10.8. The molecule has 1 aromatic carbocycles. The van der Waals surface area contributed by atoms with Crippen molar-refractivity contribution in [1.29, 1.82) is 0 Å². The molecule has 0 bridgehead atoms. The molecule has 0 aliphatic rings. The summed E-state index contributed by atoms with van der Waals surface area (Å²) in [4.78, 5) is 16.1. The topological polar surface area (TPSA) is 48.6 Å². The first kappa shape index (κ1) is 9.68. The van der Waals surface area contributed by atoms with E-state index in [0.717, 1.165) is 16.6 Å². The van der Waals surface area contributed by atoms with Crippen LogP contribution in [0.5, 0.6) is 0 Å². The van der Waals surface area contributed by atoms with Crippen LogP contribution >= 0.6 is 0 Å². The number of hydrogen-bond donors (Lipinski definition) is 2. The van der Waals surface area contributed by atoms with Crippen LogP contribution in [0.3, 0.4) is 0 Å². The SMILES string of the molecule is Cc1[c-]cc2[nH]c(=O)[nH]c2c1.[Y]. The van der Waals surface area contributed by atoms with E-state index in [2.05, 4.69) is 16.0 Å². The second-order valence-electron chi connectivity index (χ2n) is 2.52. The van der Waals surface area contributed by atoms with Crippen LogP contribution in [-0.4, -0.2) is 9.97 Å². The average molecular weight is 236 g/mol. The number of rotatable bonds is 0. The van der Waals surface area contributed by atoms with Gasteiger partial charge in [-0.3, -0.25) is 0 Å². The molecule has 2 N–H and O–H groups in total. The molecule has 0 saturated heterocycles. The first-order chi connectivity index (χ1) is 5.25. The summed E-state index contributed by atoms with van der Waals surface area (Å²) < 4.78 is 0. The number of H-pyrrole nitrogens is 2. The molecular weight excluding hydrogens is 229 g/mol. The molecule has 0 aliphatic carbocycles. The van der Waals surface area contributed by atoms with E-state index < -0.39 is 0 Å². The fourth-order valence-electron chi connectivity index (χ4n) is 1.08. The summed E-state index contributed by atoms with van der Waals surface area (Å²) in [6.07, 6.45) is 0. The maximum absolute atomic E-state index is 10.8. The van der Waals surface area contributed by atoms with Gasteiger partial charge in [-0.05, 0) is 11.0 Å². The van der Waals surface area contributed by atoms with Crippen molar-refractivity contribution >= 4 is 11.0 Å². The Kier molecular flexibility index (Phi) is 2.86. The van der Waals surface area contributed by atoms with Gasteiger partial charge in [-0.15, -0.1) is 6.07 Å². The number of nitrogens with one attached hydrogen (secondary N) is 2. The minimum absolute atomic E-state index is 0. The smallest absolute Gasteiger partial charge is 0.310 e. The zero-order valence-electron chi connectivity index (χ0n) is 6.64. The van der Waals surface area contributed by atoms with Crippen molar-refractivity contribution < 1.29 is 32.7 Å². The van der Waals surface area contributed by atoms with E-state index in [0.29, 0.717) is 0 Å². The van der Waals surface area contributed by atoms with Crippen LogP contribution in [0.4, 0.5) is 0 Å². The predicted octanol–water partition coefficient (Wildman–Crippen LogP) is 0.962. The van der Waals surface area contributed by atoms with Crippen molar-refractivity contribution in [1.82, 2.24) is 9.97 Å². The van der Waals surface area contributed by atoms with Gasteiger partial charge in [0.1, 0.15) is 0 Å². The van der Waals surface area contributed by atoms with Crippen LogP contribution in [0.2, 0.25) is 0 Å². The molecule has 0 aliphatic heterocycles. The van der Waals surface area contributed by atoms with Gasteiger partial charge in [-0.1, -0.05) is 6.92 Å². The van der Waals surface area contributed by atoms with Crippen LogP contribution in [0, 0.1) is 13.0 Å². The van der Waals surface area contributed by atoms with Gasteiger partial charge in [-0.25, -0.2) is 4.79 Å². The minimum Gasteiger partial charge on any atom is -0.359 e. The van der Waals surface area contributed by atoms with Crippen molar-refractivity contribution in [2.45, 2.75) is 6.92 Å². The van der Waals surface area contributed by atoms with Crippen LogP contribution in [0.1, 0.15) is 5.56 Å². The molecule has 1 radical (unpaired) electrons. The second-order valence-corrected chi connectivity index (χ2v) is 2.52. The Morgan fingerprint density at radius 2 is 2.00 bits per heavy atom. The molecule has 59 valence electrons. The molecule has 2 aromatic rings. The van der Waals surface area contributed by atoms with Gasteiger partial charge >= 0.3 is 5.69 Å². The van der Waals surface area contributed by atoms with Gasteiger partial charge in [0.25, 0.3) is 0 Å². The molecule has 1 aromatic heterocycles. The first-order valence-electron chi connectivity index (χ1n) is 3.36. The average Bonchev–Trinajstić information content (AvgIpc) is 2.27. The van der Waals surface area contributed by atoms with Crippen molar-refractivity contribution in [3.05, 3.63) is 34.2 Å². The molecule has 0 spiro atoms. The Hall–Kier alpha value is -0.406. The van der Waals surface area contributed by atoms with Gasteiger partial charge in [0.05, 0.1) is 0 Å². The molecule has 0 atom stereocenters. The Morgan fingerprint density at radius 1 is 1.33 bits per heavy atom. The number of aromatic nitrogens is 2.